The highest BCUT2D eigenvalue weighted by Crippen LogP contribution is 2.27. The molecule has 4 rings (SSSR count). The highest BCUT2D eigenvalue weighted by Gasteiger charge is 2.38. The van der Waals surface area contributed by atoms with Crippen molar-refractivity contribution in [3.8, 4) is 0 Å². The van der Waals surface area contributed by atoms with E-state index in [0.29, 0.717) is 5.69 Å². The van der Waals surface area contributed by atoms with E-state index in [1.54, 1.807) is 6.92 Å². The Bertz CT molecular complexity index is 1240. The molecule has 1 aromatic heterocycles. The maximum atomic E-state index is 13.5. The number of non-ortho nitro benzene ring substituents is 1. The molecular formula is C26H31N5O5. The number of hydrogen-bond acceptors (Lipinski definition) is 5. The zero-order valence-corrected chi connectivity index (χ0v) is 20.1. The minimum absolute atomic E-state index is 0.0195. The van der Waals surface area contributed by atoms with Crippen molar-refractivity contribution in [2.24, 2.45) is 5.92 Å². The number of aromatic amines is 1. The van der Waals surface area contributed by atoms with Crippen LogP contribution >= 0.6 is 0 Å². The molecule has 0 aliphatic heterocycles. The van der Waals surface area contributed by atoms with Crippen molar-refractivity contribution < 1.29 is 19.6 Å². The summed E-state index contributed by atoms with van der Waals surface area (Å²) in [7, 11) is 0. The van der Waals surface area contributed by atoms with Gasteiger partial charge in [-0.1, -0.05) is 37.5 Å². The molecule has 1 heterocycles. The van der Waals surface area contributed by atoms with Crippen molar-refractivity contribution in [1.29, 1.82) is 0 Å². The summed E-state index contributed by atoms with van der Waals surface area (Å²) in [6.45, 7) is 1.62. The lowest BCUT2D eigenvalue weighted by Gasteiger charge is -2.33. The fourth-order valence-electron chi connectivity index (χ4n) is 4.78. The Kier molecular flexibility index (Phi) is 7.54. The average molecular weight is 494 g/mol. The lowest BCUT2D eigenvalue weighted by atomic mass is 9.87. The fourth-order valence-corrected chi connectivity index (χ4v) is 4.78. The van der Waals surface area contributed by atoms with E-state index in [1.165, 1.54) is 24.3 Å². The summed E-state index contributed by atoms with van der Waals surface area (Å²) >= 11 is 0. The van der Waals surface area contributed by atoms with Crippen LogP contribution in [-0.4, -0.2) is 38.7 Å². The van der Waals surface area contributed by atoms with E-state index in [4.69, 9.17) is 0 Å². The van der Waals surface area contributed by atoms with E-state index >= 15 is 0 Å². The second-order valence-corrected chi connectivity index (χ2v) is 9.57. The van der Waals surface area contributed by atoms with Crippen LogP contribution in [0, 0.1) is 16.0 Å². The van der Waals surface area contributed by atoms with Crippen LogP contribution in [0.25, 0.3) is 10.9 Å². The Balaban J connectivity index is 1.53. The Labute approximate surface area is 208 Å². The molecule has 10 nitrogen and oxygen atoms in total. The molecule has 0 bridgehead atoms. The van der Waals surface area contributed by atoms with Gasteiger partial charge in [-0.2, -0.15) is 0 Å². The van der Waals surface area contributed by atoms with Crippen LogP contribution in [0.3, 0.4) is 0 Å². The van der Waals surface area contributed by atoms with Gasteiger partial charge in [0.1, 0.15) is 11.8 Å². The first-order valence-electron chi connectivity index (χ1n) is 12.1. The smallest absolute Gasteiger partial charge is 0.320 e. The number of aromatic nitrogens is 1. The molecule has 2 unspecified atom stereocenters. The number of nitrogens with one attached hydrogen (secondary N) is 4. The molecule has 0 spiro atoms. The summed E-state index contributed by atoms with van der Waals surface area (Å²) in [6, 6.07) is 12.4. The Morgan fingerprint density at radius 1 is 1.14 bits per heavy atom. The molecule has 2 atom stereocenters. The number of rotatable bonds is 8. The normalized spacial score (nSPS) is 16.6. The second-order valence-electron chi connectivity index (χ2n) is 9.57. The number of anilines is 1. The van der Waals surface area contributed by atoms with Crippen molar-refractivity contribution in [2.75, 3.05) is 5.32 Å². The Hall–Kier alpha value is -3.92. The van der Waals surface area contributed by atoms with E-state index < -0.39 is 28.6 Å². The largest absolute Gasteiger partial charge is 0.373 e. The predicted octanol–water partition coefficient (Wildman–Crippen LogP) is 4.21. The predicted molar refractivity (Wildman–Crippen MR) is 136 cm³/mol. The Morgan fingerprint density at radius 2 is 1.83 bits per heavy atom. The molecule has 1 saturated carbocycles. The van der Waals surface area contributed by atoms with E-state index in [9.17, 15) is 24.8 Å². The van der Waals surface area contributed by atoms with E-state index in [0.717, 1.165) is 48.6 Å². The number of hydrogen-bond donors (Lipinski definition) is 5. The van der Waals surface area contributed by atoms with Gasteiger partial charge in [0.15, 0.2) is 0 Å². The maximum absolute atomic E-state index is 13.5. The highest BCUT2D eigenvalue weighted by molar-refractivity contribution is 5.96. The minimum Gasteiger partial charge on any atom is -0.373 e. The molecule has 5 N–H and O–H groups in total. The molecule has 0 radical (unpaired) electrons. The van der Waals surface area contributed by atoms with E-state index in [1.807, 2.05) is 30.5 Å². The SMILES string of the molecule is CC(Cc1c[nH]c2ccccc12)(NC(=O)Nc1ccc([N+](=O)[O-])cc1)C(=O)NC(O)C1CCCCC1. The molecule has 3 aromatic rings. The quantitative estimate of drug-likeness (QED) is 0.181. The first-order valence-corrected chi connectivity index (χ1v) is 12.1. The zero-order chi connectivity index (χ0) is 25.7. The van der Waals surface area contributed by atoms with Crippen molar-refractivity contribution in [3.63, 3.8) is 0 Å². The molecule has 1 fully saturated rings. The molecule has 36 heavy (non-hydrogen) atoms. The standard InChI is InChI=1S/C26H31N5O5/c1-26(15-18-16-27-22-10-6-5-9-21(18)22,24(33)29-23(32)17-7-3-2-4-8-17)30-25(34)28-19-11-13-20(14-12-19)31(35)36/h5-6,9-14,16-17,23,27,32H,2-4,7-8,15H2,1H3,(H,29,33)(H2,28,30,34). The molecule has 190 valence electrons. The van der Waals surface area contributed by atoms with Crippen molar-refractivity contribution in [2.45, 2.75) is 57.2 Å². The average Bonchev–Trinajstić information content (AvgIpc) is 3.27. The van der Waals surface area contributed by atoms with Gasteiger partial charge in [-0.25, -0.2) is 4.79 Å². The van der Waals surface area contributed by atoms with E-state index in [-0.39, 0.29) is 18.0 Å². The zero-order valence-electron chi connectivity index (χ0n) is 20.1. The number of H-pyrrole nitrogens is 1. The Morgan fingerprint density at radius 3 is 2.53 bits per heavy atom. The van der Waals surface area contributed by atoms with Gasteiger partial charge in [0, 0.05) is 47.3 Å². The van der Waals surface area contributed by atoms with Gasteiger partial charge in [-0.15, -0.1) is 0 Å². The fraction of sp³-hybridized carbons (Fsp3) is 0.385. The van der Waals surface area contributed by atoms with Gasteiger partial charge in [0.2, 0.25) is 5.91 Å². The van der Waals surface area contributed by atoms with Crippen LogP contribution in [-0.2, 0) is 11.2 Å². The van der Waals surface area contributed by atoms with Gasteiger partial charge >= 0.3 is 6.03 Å². The van der Waals surface area contributed by atoms with Crippen molar-refractivity contribution in [1.82, 2.24) is 15.6 Å². The lowest BCUT2D eigenvalue weighted by molar-refractivity contribution is -0.384. The number of aliphatic hydroxyl groups excluding tert-OH is 1. The number of para-hydroxylation sites is 1. The van der Waals surface area contributed by atoms with Crippen LogP contribution < -0.4 is 16.0 Å². The molecule has 10 heteroatoms. The van der Waals surface area contributed by atoms with Gasteiger partial charge in [-0.3, -0.25) is 14.9 Å². The van der Waals surface area contributed by atoms with Crippen LogP contribution in [0.15, 0.2) is 54.7 Å². The summed E-state index contributed by atoms with van der Waals surface area (Å²) in [6.07, 6.45) is 5.82. The number of carbonyl (C=O) groups is 2. The second kappa shape index (κ2) is 10.8. The first kappa shape index (κ1) is 25.2. The summed E-state index contributed by atoms with van der Waals surface area (Å²) < 4.78 is 0. The third-order valence-electron chi connectivity index (χ3n) is 6.82. The van der Waals surface area contributed by atoms with Gasteiger partial charge in [-0.05, 0) is 43.5 Å². The van der Waals surface area contributed by atoms with Crippen molar-refractivity contribution >= 4 is 34.2 Å². The van der Waals surface area contributed by atoms with Crippen LogP contribution in [0.5, 0.6) is 0 Å². The molecule has 3 amide bonds. The molecule has 0 saturated heterocycles. The number of benzene rings is 2. The number of amides is 3. The topological polar surface area (TPSA) is 149 Å². The van der Waals surface area contributed by atoms with E-state index in [2.05, 4.69) is 20.9 Å². The molecule has 1 aliphatic carbocycles. The van der Waals surface area contributed by atoms with Crippen LogP contribution in [0.1, 0.15) is 44.6 Å². The number of aliphatic hydroxyl groups is 1. The van der Waals surface area contributed by atoms with Crippen molar-refractivity contribution in [3.05, 3.63) is 70.4 Å². The highest BCUT2D eigenvalue weighted by atomic mass is 16.6. The molecule has 1 aliphatic rings. The summed E-state index contributed by atoms with van der Waals surface area (Å²) in [5.74, 6) is -0.515. The van der Waals surface area contributed by atoms with Crippen LogP contribution in [0.2, 0.25) is 0 Å². The van der Waals surface area contributed by atoms with Gasteiger partial charge in [0.05, 0.1) is 4.92 Å². The first-order chi connectivity index (χ1) is 17.2. The summed E-state index contributed by atoms with van der Waals surface area (Å²) in [5.41, 5.74) is 0.598. The molecule has 2 aromatic carbocycles. The third-order valence-corrected chi connectivity index (χ3v) is 6.82. The number of nitro benzene ring substituents is 1. The summed E-state index contributed by atoms with van der Waals surface area (Å²) in [5, 5.41) is 30.7. The summed E-state index contributed by atoms with van der Waals surface area (Å²) in [4.78, 5) is 40.0. The lowest BCUT2D eigenvalue weighted by Crippen LogP contribution is -2.61. The number of urea groups is 1. The monoisotopic (exact) mass is 493 g/mol. The van der Waals surface area contributed by atoms with Gasteiger partial charge in [0.25, 0.3) is 5.69 Å². The number of nitro groups is 1. The molecular weight excluding hydrogens is 462 g/mol. The maximum Gasteiger partial charge on any atom is 0.320 e. The van der Waals surface area contributed by atoms with Crippen LogP contribution in [0.4, 0.5) is 16.2 Å². The number of carbonyl (C=O) groups excluding carboxylic acids is 2. The third kappa shape index (κ3) is 5.83. The minimum atomic E-state index is -1.40. The number of fused-ring (bicyclic) bond motifs is 1. The van der Waals surface area contributed by atoms with Gasteiger partial charge < -0.3 is 26.0 Å². The number of nitrogens with zero attached hydrogens (tertiary/aromatic N) is 1.